The first-order valence-corrected chi connectivity index (χ1v) is 7.16. The number of aryl methyl sites for hydroxylation is 1. The fourth-order valence-electron chi connectivity index (χ4n) is 2.89. The summed E-state index contributed by atoms with van der Waals surface area (Å²) in [6.45, 7) is 1.62. The minimum Gasteiger partial charge on any atom is -0.337 e. The fourth-order valence-corrected chi connectivity index (χ4v) is 2.89. The van der Waals surface area contributed by atoms with Crippen LogP contribution < -0.4 is 10.6 Å². The number of fused-ring (bicyclic) bond motifs is 1. The second kappa shape index (κ2) is 5.44. The van der Waals surface area contributed by atoms with E-state index in [0.29, 0.717) is 18.5 Å². The van der Waals surface area contributed by atoms with Gasteiger partial charge in [-0.05, 0) is 37.1 Å². The molecule has 1 saturated heterocycles. The SMILES string of the molecule is CN(C(=O)c1cc2c(cc1F)NC(=O)CC2)C1CCNC1. The molecule has 2 heterocycles. The maximum absolute atomic E-state index is 14.2. The number of nitrogens with zero attached hydrogens (tertiary/aromatic N) is 1. The third-order valence-corrected chi connectivity index (χ3v) is 4.22. The average Bonchev–Trinajstić information content (AvgIpc) is 2.99. The summed E-state index contributed by atoms with van der Waals surface area (Å²) in [5.74, 6) is -1.00. The van der Waals surface area contributed by atoms with Crippen molar-refractivity contribution in [3.05, 3.63) is 29.1 Å². The van der Waals surface area contributed by atoms with Gasteiger partial charge in [0.2, 0.25) is 5.91 Å². The number of rotatable bonds is 2. The molecular formula is C15H18FN3O2. The largest absolute Gasteiger partial charge is 0.337 e. The van der Waals surface area contributed by atoms with Gasteiger partial charge in [0.25, 0.3) is 5.91 Å². The third kappa shape index (κ3) is 2.63. The first-order chi connectivity index (χ1) is 10.1. The second-order valence-corrected chi connectivity index (χ2v) is 5.60. The topological polar surface area (TPSA) is 61.4 Å². The van der Waals surface area contributed by atoms with Gasteiger partial charge in [0, 0.05) is 31.7 Å². The number of carbonyl (C=O) groups excluding carboxylic acids is 2. The Morgan fingerprint density at radius 3 is 2.90 bits per heavy atom. The lowest BCUT2D eigenvalue weighted by Gasteiger charge is -2.25. The van der Waals surface area contributed by atoms with Gasteiger partial charge in [-0.2, -0.15) is 0 Å². The number of halogens is 1. The summed E-state index contributed by atoms with van der Waals surface area (Å²) in [7, 11) is 1.71. The monoisotopic (exact) mass is 291 g/mol. The molecule has 0 saturated carbocycles. The molecule has 5 nitrogen and oxygen atoms in total. The number of carbonyl (C=O) groups is 2. The van der Waals surface area contributed by atoms with Crippen molar-refractivity contribution in [2.45, 2.75) is 25.3 Å². The van der Waals surface area contributed by atoms with Gasteiger partial charge in [0.15, 0.2) is 0 Å². The van der Waals surface area contributed by atoms with E-state index in [0.717, 1.165) is 25.1 Å². The van der Waals surface area contributed by atoms with Crippen molar-refractivity contribution >= 4 is 17.5 Å². The molecular weight excluding hydrogens is 273 g/mol. The van der Waals surface area contributed by atoms with Crippen LogP contribution in [-0.4, -0.2) is 42.9 Å². The van der Waals surface area contributed by atoms with Crippen LogP contribution in [-0.2, 0) is 11.2 Å². The summed E-state index contributed by atoms with van der Waals surface area (Å²) in [6.07, 6.45) is 1.79. The molecule has 1 aromatic carbocycles. The molecule has 0 aliphatic carbocycles. The van der Waals surface area contributed by atoms with Crippen molar-refractivity contribution in [2.75, 3.05) is 25.5 Å². The highest BCUT2D eigenvalue weighted by molar-refractivity contribution is 5.98. The minimum atomic E-state index is -0.584. The lowest BCUT2D eigenvalue weighted by Crippen LogP contribution is -2.38. The Labute approximate surface area is 122 Å². The van der Waals surface area contributed by atoms with Crippen molar-refractivity contribution in [1.29, 1.82) is 0 Å². The highest BCUT2D eigenvalue weighted by Crippen LogP contribution is 2.27. The van der Waals surface area contributed by atoms with Crippen LogP contribution >= 0.6 is 0 Å². The molecule has 2 amide bonds. The summed E-state index contributed by atoms with van der Waals surface area (Å²) in [4.78, 5) is 25.4. The van der Waals surface area contributed by atoms with Crippen LogP contribution in [0.1, 0.15) is 28.8 Å². The standard InChI is InChI=1S/C15H18FN3O2/c1-19(10-4-5-17-8-10)15(21)11-6-9-2-3-14(20)18-13(9)7-12(11)16/h6-7,10,17H,2-5,8H2,1H3,(H,18,20). The van der Waals surface area contributed by atoms with E-state index in [9.17, 15) is 14.0 Å². The zero-order valence-corrected chi connectivity index (χ0v) is 11.9. The van der Waals surface area contributed by atoms with Crippen LogP contribution in [0.5, 0.6) is 0 Å². The number of hydrogen-bond acceptors (Lipinski definition) is 3. The van der Waals surface area contributed by atoms with Gasteiger partial charge in [-0.15, -0.1) is 0 Å². The number of amides is 2. The van der Waals surface area contributed by atoms with Crippen LogP contribution in [0.2, 0.25) is 0 Å². The molecule has 1 aromatic rings. The van der Waals surface area contributed by atoms with E-state index in [4.69, 9.17) is 0 Å². The first kappa shape index (κ1) is 14.0. The molecule has 2 N–H and O–H groups in total. The van der Waals surface area contributed by atoms with E-state index in [1.54, 1.807) is 18.0 Å². The molecule has 6 heteroatoms. The van der Waals surface area contributed by atoms with E-state index in [1.807, 2.05) is 0 Å². The Hall–Kier alpha value is -1.95. The molecule has 1 unspecified atom stereocenters. The molecule has 0 radical (unpaired) electrons. The van der Waals surface area contributed by atoms with E-state index >= 15 is 0 Å². The minimum absolute atomic E-state index is 0.0827. The van der Waals surface area contributed by atoms with Gasteiger partial charge in [-0.25, -0.2) is 4.39 Å². The highest BCUT2D eigenvalue weighted by atomic mass is 19.1. The van der Waals surface area contributed by atoms with Crippen LogP contribution in [0, 0.1) is 5.82 Å². The van der Waals surface area contributed by atoms with E-state index in [-0.39, 0.29) is 23.4 Å². The smallest absolute Gasteiger partial charge is 0.256 e. The normalized spacial score (nSPS) is 20.9. The third-order valence-electron chi connectivity index (χ3n) is 4.22. The summed E-state index contributed by atoms with van der Waals surface area (Å²) in [6, 6.07) is 2.93. The van der Waals surface area contributed by atoms with Crippen LogP contribution in [0.3, 0.4) is 0 Å². The van der Waals surface area contributed by atoms with Crippen molar-refractivity contribution in [3.63, 3.8) is 0 Å². The maximum atomic E-state index is 14.2. The summed E-state index contributed by atoms with van der Waals surface area (Å²) in [5, 5.41) is 5.83. The first-order valence-electron chi connectivity index (χ1n) is 7.16. The van der Waals surface area contributed by atoms with Gasteiger partial charge >= 0.3 is 0 Å². The van der Waals surface area contributed by atoms with Crippen LogP contribution in [0.25, 0.3) is 0 Å². The zero-order chi connectivity index (χ0) is 15.0. The Bertz CT molecular complexity index is 597. The molecule has 3 rings (SSSR count). The highest BCUT2D eigenvalue weighted by Gasteiger charge is 2.27. The molecule has 0 aromatic heterocycles. The van der Waals surface area contributed by atoms with Gasteiger partial charge in [0.05, 0.1) is 5.56 Å². The number of nitrogens with one attached hydrogen (secondary N) is 2. The Morgan fingerprint density at radius 2 is 2.19 bits per heavy atom. The predicted octanol–water partition coefficient (Wildman–Crippen LogP) is 1.14. The lowest BCUT2D eigenvalue weighted by molar-refractivity contribution is -0.116. The number of hydrogen-bond donors (Lipinski definition) is 2. The fraction of sp³-hybridized carbons (Fsp3) is 0.467. The Morgan fingerprint density at radius 1 is 1.38 bits per heavy atom. The van der Waals surface area contributed by atoms with Crippen molar-refractivity contribution < 1.29 is 14.0 Å². The molecule has 0 bridgehead atoms. The number of benzene rings is 1. The quantitative estimate of drug-likeness (QED) is 0.859. The van der Waals surface area contributed by atoms with E-state index < -0.39 is 5.82 Å². The van der Waals surface area contributed by atoms with Crippen LogP contribution in [0.15, 0.2) is 12.1 Å². The molecule has 2 aliphatic rings. The second-order valence-electron chi connectivity index (χ2n) is 5.60. The van der Waals surface area contributed by atoms with Gasteiger partial charge in [-0.1, -0.05) is 0 Å². The summed E-state index contributed by atoms with van der Waals surface area (Å²) >= 11 is 0. The Kier molecular flexibility index (Phi) is 3.63. The van der Waals surface area contributed by atoms with Crippen LogP contribution in [0.4, 0.5) is 10.1 Å². The number of likely N-dealkylation sites (N-methyl/N-ethyl adjacent to an activating group) is 1. The maximum Gasteiger partial charge on any atom is 0.256 e. The molecule has 1 atom stereocenters. The van der Waals surface area contributed by atoms with Gasteiger partial charge < -0.3 is 15.5 Å². The molecule has 112 valence electrons. The van der Waals surface area contributed by atoms with E-state index in [1.165, 1.54) is 6.07 Å². The predicted molar refractivity (Wildman–Crippen MR) is 76.7 cm³/mol. The molecule has 2 aliphatic heterocycles. The van der Waals surface area contributed by atoms with Crippen molar-refractivity contribution in [2.24, 2.45) is 0 Å². The average molecular weight is 291 g/mol. The number of anilines is 1. The molecule has 0 spiro atoms. The molecule has 1 fully saturated rings. The zero-order valence-electron chi connectivity index (χ0n) is 11.9. The Balaban J connectivity index is 1.88. The van der Waals surface area contributed by atoms with Gasteiger partial charge in [0.1, 0.15) is 5.82 Å². The van der Waals surface area contributed by atoms with E-state index in [2.05, 4.69) is 10.6 Å². The summed E-state index contributed by atoms with van der Waals surface area (Å²) in [5.41, 5.74) is 1.38. The molecule has 21 heavy (non-hydrogen) atoms. The lowest BCUT2D eigenvalue weighted by atomic mass is 9.99. The van der Waals surface area contributed by atoms with Gasteiger partial charge in [-0.3, -0.25) is 9.59 Å². The van der Waals surface area contributed by atoms with Crippen molar-refractivity contribution in [1.82, 2.24) is 10.2 Å². The summed E-state index contributed by atoms with van der Waals surface area (Å²) < 4.78 is 14.2. The van der Waals surface area contributed by atoms with Crippen molar-refractivity contribution in [3.8, 4) is 0 Å².